The second-order valence-electron chi connectivity index (χ2n) is 4.91. The largest absolute Gasteiger partial charge is 0.393 e. The minimum atomic E-state index is -0.227. The summed E-state index contributed by atoms with van der Waals surface area (Å²) in [6.45, 7) is 0.246. The van der Waals surface area contributed by atoms with E-state index in [1.54, 1.807) is 18.5 Å². The van der Waals surface area contributed by atoms with E-state index in [0.717, 1.165) is 25.7 Å². The van der Waals surface area contributed by atoms with Gasteiger partial charge >= 0.3 is 0 Å². The van der Waals surface area contributed by atoms with Gasteiger partial charge in [0.15, 0.2) is 0 Å². The molecule has 4 N–H and O–H groups in total. The lowest BCUT2D eigenvalue weighted by atomic mass is 9.93. The standard InChI is InChI=1S/C15H19N3O2/c16-8-1-2-11-10-17-9-7-14(11)15(20)18-12-3-5-13(19)6-4-12/h7,9-10,12-13,19H,3-6,8,16H2,(H,18,20). The fraction of sp³-hybridized carbons (Fsp3) is 0.467. The Balaban J connectivity index is 2.05. The molecule has 2 rings (SSSR count). The van der Waals surface area contributed by atoms with Crippen LogP contribution in [-0.2, 0) is 0 Å². The van der Waals surface area contributed by atoms with Crippen molar-refractivity contribution in [2.75, 3.05) is 6.54 Å². The molecule has 1 aromatic heterocycles. The minimum absolute atomic E-state index is 0.120. The summed E-state index contributed by atoms with van der Waals surface area (Å²) in [7, 11) is 0. The van der Waals surface area contributed by atoms with E-state index in [4.69, 9.17) is 5.73 Å². The maximum Gasteiger partial charge on any atom is 0.252 e. The molecular weight excluding hydrogens is 254 g/mol. The zero-order valence-corrected chi connectivity index (χ0v) is 11.3. The molecule has 0 bridgehead atoms. The molecule has 1 amide bonds. The number of amides is 1. The Hall–Kier alpha value is -1.90. The van der Waals surface area contributed by atoms with Crippen LogP contribution in [-0.4, -0.2) is 34.7 Å². The average molecular weight is 273 g/mol. The Kier molecular flexibility index (Phi) is 5.10. The fourth-order valence-electron chi connectivity index (χ4n) is 2.32. The SMILES string of the molecule is NCC#Cc1cnccc1C(=O)NC1CCC(O)CC1. The molecule has 0 aromatic carbocycles. The zero-order chi connectivity index (χ0) is 14.4. The van der Waals surface area contributed by atoms with Crippen LogP contribution in [0.15, 0.2) is 18.5 Å². The van der Waals surface area contributed by atoms with E-state index in [0.29, 0.717) is 11.1 Å². The number of nitrogens with two attached hydrogens (primary N) is 1. The second-order valence-corrected chi connectivity index (χ2v) is 4.91. The summed E-state index contributed by atoms with van der Waals surface area (Å²) in [5, 5.41) is 12.5. The molecule has 1 aromatic rings. The predicted molar refractivity (Wildman–Crippen MR) is 75.9 cm³/mol. The van der Waals surface area contributed by atoms with Crippen molar-refractivity contribution in [1.29, 1.82) is 0 Å². The highest BCUT2D eigenvalue weighted by molar-refractivity contribution is 5.96. The molecule has 5 heteroatoms. The first-order valence-corrected chi connectivity index (χ1v) is 6.82. The van der Waals surface area contributed by atoms with Crippen molar-refractivity contribution < 1.29 is 9.90 Å². The van der Waals surface area contributed by atoms with Crippen LogP contribution < -0.4 is 11.1 Å². The summed E-state index contributed by atoms with van der Waals surface area (Å²) in [6.07, 6.45) is 6.01. The van der Waals surface area contributed by atoms with Crippen molar-refractivity contribution in [3.63, 3.8) is 0 Å². The summed E-state index contributed by atoms with van der Waals surface area (Å²) in [4.78, 5) is 16.3. The van der Waals surface area contributed by atoms with Gasteiger partial charge in [0.25, 0.3) is 5.91 Å². The Labute approximate surface area is 118 Å². The van der Waals surface area contributed by atoms with Crippen LogP contribution >= 0.6 is 0 Å². The van der Waals surface area contributed by atoms with E-state index in [1.165, 1.54) is 0 Å². The van der Waals surface area contributed by atoms with Crippen LogP contribution in [0.4, 0.5) is 0 Å². The first kappa shape index (κ1) is 14.5. The van der Waals surface area contributed by atoms with Gasteiger partial charge in [-0.15, -0.1) is 0 Å². The zero-order valence-electron chi connectivity index (χ0n) is 11.3. The van der Waals surface area contributed by atoms with Crippen LogP contribution in [0.25, 0.3) is 0 Å². The molecule has 106 valence electrons. The summed E-state index contributed by atoms with van der Waals surface area (Å²) in [5.41, 5.74) is 6.46. The van der Waals surface area contributed by atoms with Crippen molar-refractivity contribution in [3.05, 3.63) is 29.6 Å². The number of carbonyl (C=O) groups excluding carboxylic acids is 1. The number of nitrogens with one attached hydrogen (secondary N) is 1. The molecule has 1 saturated carbocycles. The van der Waals surface area contributed by atoms with Crippen molar-refractivity contribution in [1.82, 2.24) is 10.3 Å². The van der Waals surface area contributed by atoms with Crippen LogP contribution in [0.2, 0.25) is 0 Å². The lowest BCUT2D eigenvalue weighted by Gasteiger charge is -2.26. The van der Waals surface area contributed by atoms with Crippen molar-refractivity contribution >= 4 is 5.91 Å². The van der Waals surface area contributed by atoms with Gasteiger partial charge in [-0.2, -0.15) is 0 Å². The lowest BCUT2D eigenvalue weighted by molar-refractivity contribution is 0.0867. The Morgan fingerprint density at radius 3 is 2.90 bits per heavy atom. The molecule has 0 radical (unpaired) electrons. The number of aliphatic hydroxyl groups excluding tert-OH is 1. The number of aliphatic hydroxyl groups is 1. The van der Waals surface area contributed by atoms with E-state index >= 15 is 0 Å². The van der Waals surface area contributed by atoms with E-state index in [9.17, 15) is 9.90 Å². The van der Waals surface area contributed by atoms with Gasteiger partial charge in [-0.1, -0.05) is 11.8 Å². The normalized spacial score (nSPS) is 21.7. The van der Waals surface area contributed by atoms with Crippen molar-refractivity contribution in [2.24, 2.45) is 5.73 Å². The third-order valence-corrected chi connectivity index (χ3v) is 3.42. The number of hydrogen-bond donors (Lipinski definition) is 3. The van der Waals surface area contributed by atoms with Crippen LogP contribution in [0.3, 0.4) is 0 Å². The molecule has 0 saturated heterocycles. The van der Waals surface area contributed by atoms with Gasteiger partial charge in [0.2, 0.25) is 0 Å². The van der Waals surface area contributed by atoms with Gasteiger partial charge in [-0.05, 0) is 31.7 Å². The first-order chi connectivity index (χ1) is 9.70. The Morgan fingerprint density at radius 2 is 2.20 bits per heavy atom. The third-order valence-electron chi connectivity index (χ3n) is 3.42. The fourth-order valence-corrected chi connectivity index (χ4v) is 2.32. The second kappa shape index (κ2) is 7.04. The molecule has 1 aliphatic carbocycles. The first-order valence-electron chi connectivity index (χ1n) is 6.82. The van der Waals surface area contributed by atoms with E-state index in [-0.39, 0.29) is 24.6 Å². The molecule has 20 heavy (non-hydrogen) atoms. The molecule has 0 unspecified atom stereocenters. The molecule has 1 aliphatic rings. The van der Waals surface area contributed by atoms with E-state index in [1.807, 2.05) is 0 Å². The van der Waals surface area contributed by atoms with Gasteiger partial charge in [0.05, 0.1) is 23.8 Å². The number of carbonyl (C=O) groups is 1. The highest BCUT2D eigenvalue weighted by Crippen LogP contribution is 2.19. The predicted octanol–water partition coefficient (Wildman–Crippen LogP) is 0.425. The monoisotopic (exact) mass is 273 g/mol. The van der Waals surface area contributed by atoms with Crippen LogP contribution in [0, 0.1) is 11.8 Å². The van der Waals surface area contributed by atoms with Gasteiger partial charge < -0.3 is 16.2 Å². The minimum Gasteiger partial charge on any atom is -0.393 e. The van der Waals surface area contributed by atoms with Crippen molar-refractivity contribution in [3.8, 4) is 11.8 Å². The molecule has 0 aliphatic heterocycles. The summed E-state index contributed by atoms with van der Waals surface area (Å²) < 4.78 is 0. The number of pyridine rings is 1. The number of rotatable bonds is 2. The number of nitrogens with zero attached hydrogens (tertiary/aromatic N) is 1. The highest BCUT2D eigenvalue weighted by atomic mass is 16.3. The van der Waals surface area contributed by atoms with E-state index < -0.39 is 0 Å². The molecular formula is C15H19N3O2. The smallest absolute Gasteiger partial charge is 0.252 e. The molecule has 0 spiro atoms. The van der Waals surface area contributed by atoms with Gasteiger partial charge in [0, 0.05) is 18.4 Å². The van der Waals surface area contributed by atoms with Crippen molar-refractivity contribution in [2.45, 2.75) is 37.8 Å². The lowest BCUT2D eigenvalue weighted by Crippen LogP contribution is -2.38. The Morgan fingerprint density at radius 1 is 1.45 bits per heavy atom. The topological polar surface area (TPSA) is 88.2 Å². The summed E-state index contributed by atoms with van der Waals surface area (Å²) in [6, 6.07) is 1.78. The number of hydrogen-bond acceptors (Lipinski definition) is 4. The Bertz CT molecular complexity index is 525. The summed E-state index contributed by atoms with van der Waals surface area (Å²) in [5.74, 6) is 5.45. The maximum absolute atomic E-state index is 12.3. The molecule has 5 nitrogen and oxygen atoms in total. The average Bonchev–Trinajstić information content (AvgIpc) is 2.47. The van der Waals surface area contributed by atoms with Crippen LogP contribution in [0.5, 0.6) is 0 Å². The van der Waals surface area contributed by atoms with Gasteiger partial charge in [-0.3, -0.25) is 9.78 Å². The summed E-state index contributed by atoms with van der Waals surface area (Å²) >= 11 is 0. The maximum atomic E-state index is 12.3. The highest BCUT2D eigenvalue weighted by Gasteiger charge is 2.21. The third kappa shape index (κ3) is 3.80. The van der Waals surface area contributed by atoms with Gasteiger partial charge in [0.1, 0.15) is 0 Å². The van der Waals surface area contributed by atoms with Crippen LogP contribution in [0.1, 0.15) is 41.6 Å². The molecule has 1 fully saturated rings. The molecule has 1 heterocycles. The quantitative estimate of drug-likeness (QED) is 0.682. The van der Waals surface area contributed by atoms with E-state index in [2.05, 4.69) is 22.1 Å². The molecule has 0 atom stereocenters. The van der Waals surface area contributed by atoms with Gasteiger partial charge in [-0.25, -0.2) is 0 Å². The number of aromatic nitrogens is 1.